The Morgan fingerprint density at radius 2 is 1.88 bits per heavy atom. The Kier molecular flexibility index (Phi) is 6.75. The van der Waals surface area contributed by atoms with E-state index in [2.05, 4.69) is 20.5 Å². The van der Waals surface area contributed by atoms with Crippen LogP contribution in [0.25, 0.3) is 11.4 Å². The normalized spacial score (nSPS) is 11.5. The molecule has 1 amide bonds. The van der Waals surface area contributed by atoms with E-state index >= 15 is 0 Å². The molecule has 166 valence electrons. The fourth-order valence-electron chi connectivity index (χ4n) is 3.35. The first-order chi connectivity index (χ1) is 16.1. The molecule has 2 heterocycles. The number of ether oxygens (including phenoxy) is 1. The molecule has 0 spiro atoms. The highest BCUT2D eigenvalue weighted by atomic mass is 16.5. The first-order valence-electron chi connectivity index (χ1n) is 10.3. The number of benzene rings is 2. The van der Waals surface area contributed by atoms with E-state index in [1.165, 1.54) is 0 Å². The topological polar surface area (TPSA) is 117 Å². The minimum Gasteiger partial charge on any atom is -0.487 e. The molecule has 0 unspecified atom stereocenters. The Hall–Kier alpha value is -4.46. The number of carbonyl (C=O) groups is 2. The van der Waals surface area contributed by atoms with Crippen molar-refractivity contribution in [3.63, 3.8) is 0 Å². The van der Waals surface area contributed by atoms with Crippen molar-refractivity contribution in [1.29, 1.82) is 0 Å². The molecule has 3 N–H and O–H groups in total. The number of hydrogen-bond acceptors (Lipinski definition) is 5. The van der Waals surface area contributed by atoms with Gasteiger partial charge in [0.2, 0.25) is 0 Å². The monoisotopic (exact) mass is 442 g/mol. The largest absolute Gasteiger partial charge is 0.487 e. The lowest BCUT2D eigenvalue weighted by molar-refractivity contribution is -0.137. The molecule has 0 saturated heterocycles. The highest BCUT2D eigenvalue weighted by Gasteiger charge is 2.19. The van der Waals surface area contributed by atoms with E-state index in [1.54, 1.807) is 42.7 Å². The summed E-state index contributed by atoms with van der Waals surface area (Å²) in [6, 6.07) is 20.9. The molecule has 8 nitrogen and oxygen atoms in total. The van der Waals surface area contributed by atoms with Crippen LogP contribution in [0.15, 0.2) is 85.2 Å². The molecule has 33 heavy (non-hydrogen) atoms. The summed E-state index contributed by atoms with van der Waals surface area (Å²) in [6.07, 6.45) is 3.08. The molecule has 0 aliphatic rings. The number of rotatable bonds is 9. The fraction of sp³-hybridized carbons (Fsp3) is 0.120. The van der Waals surface area contributed by atoms with Gasteiger partial charge in [-0.1, -0.05) is 42.5 Å². The first kappa shape index (κ1) is 21.8. The lowest BCUT2D eigenvalue weighted by Gasteiger charge is -2.18. The summed E-state index contributed by atoms with van der Waals surface area (Å²) >= 11 is 0. The van der Waals surface area contributed by atoms with Crippen LogP contribution in [0.1, 0.15) is 33.9 Å². The second kappa shape index (κ2) is 10.2. The Labute approximate surface area is 190 Å². The summed E-state index contributed by atoms with van der Waals surface area (Å²) in [7, 11) is 0. The van der Waals surface area contributed by atoms with Gasteiger partial charge in [-0.2, -0.15) is 5.10 Å². The van der Waals surface area contributed by atoms with Crippen LogP contribution < -0.4 is 10.1 Å². The van der Waals surface area contributed by atoms with Crippen molar-refractivity contribution in [3.05, 3.63) is 102 Å². The molecular weight excluding hydrogens is 420 g/mol. The minimum atomic E-state index is -0.988. The maximum atomic E-state index is 12.8. The molecule has 0 saturated carbocycles. The molecule has 2 aromatic carbocycles. The van der Waals surface area contributed by atoms with Crippen molar-refractivity contribution in [2.24, 2.45) is 0 Å². The number of nitrogens with zero attached hydrogens (tertiary/aromatic N) is 2. The standard InChI is InChI=1S/C25H22N4O4/c30-24(31)14-23(18-6-2-1-3-7-18)28-25(32)19-8-4-5-17(13-19)16-33-20-9-10-21(26-15-20)22-11-12-27-29-22/h1-13,15,23H,14,16H2,(H,27,29)(H,28,32)(H,30,31)/t23-/m0/s1. The zero-order valence-electron chi connectivity index (χ0n) is 17.6. The van der Waals surface area contributed by atoms with Gasteiger partial charge in [0.15, 0.2) is 0 Å². The van der Waals surface area contributed by atoms with Crippen LogP contribution in [-0.4, -0.2) is 32.2 Å². The van der Waals surface area contributed by atoms with Gasteiger partial charge in [-0.3, -0.25) is 19.7 Å². The smallest absolute Gasteiger partial charge is 0.305 e. The maximum Gasteiger partial charge on any atom is 0.305 e. The van der Waals surface area contributed by atoms with Crippen LogP contribution >= 0.6 is 0 Å². The third-order valence-corrected chi connectivity index (χ3v) is 4.99. The second-order valence-electron chi connectivity index (χ2n) is 7.37. The molecule has 0 aliphatic heterocycles. The molecule has 0 bridgehead atoms. The number of aliphatic carboxylic acids is 1. The molecule has 0 aliphatic carbocycles. The maximum absolute atomic E-state index is 12.8. The van der Waals surface area contributed by atoms with Crippen LogP contribution in [0.5, 0.6) is 5.75 Å². The van der Waals surface area contributed by atoms with Gasteiger partial charge in [-0.05, 0) is 41.5 Å². The van der Waals surface area contributed by atoms with Crippen molar-refractivity contribution in [2.75, 3.05) is 0 Å². The van der Waals surface area contributed by atoms with Crippen LogP contribution in [0, 0.1) is 0 Å². The zero-order valence-corrected chi connectivity index (χ0v) is 17.6. The summed E-state index contributed by atoms with van der Waals surface area (Å²) in [5, 5.41) is 18.8. The van der Waals surface area contributed by atoms with Gasteiger partial charge in [0.25, 0.3) is 5.91 Å². The van der Waals surface area contributed by atoms with Gasteiger partial charge < -0.3 is 15.2 Å². The summed E-state index contributed by atoms with van der Waals surface area (Å²) in [6.45, 7) is 0.253. The van der Waals surface area contributed by atoms with Crippen molar-refractivity contribution in [3.8, 4) is 17.1 Å². The molecule has 1 atom stereocenters. The van der Waals surface area contributed by atoms with Gasteiger partial charge >= 0.3 is 5.97 Å². The number of amides is 1. The Morgan fingerprint density at radius 1 is 1.03 bits per heavy atom. The zero-order chi connectivity index (χ0) is 23.0. The number of aromatic amines is 1. The average Bonchev–Trinajstić information content (AvgIpc) is 3.38. The third-order valence-electron chi connectivity index (χ3n) is 4.99. The predicted octanol–water partition coefficient (Wildman–Crippen LogP) is 4.00. The minimum absolute atomic E-state index is 0.208. The average molecular weight is 442 g/mol. The van der Waals surface area contributed by atoms with Crippen LogP contribution in [0.3, 0.4) is 0 Å². The lowest BCUT2D eigenvalue weighted by atomic mass is 10.0. The van der Waals surface area contributed by atoms with Gasteiger partial charge in [0.1, 0.15) is 12.4 Å². The number of carboxylic acids is 1. The lowest BCUT2D eigenvalue weighted by Crippen LogP contribution is -2.30. The van der Waals surface area contributed by atoms with Crippen molar-refractivity contribution >= 4 is 11.9 Å². The summed E-state index contributed by atoms with van der Waals surface area (Å²) in [4.78, 5) is 28.5. The van der Waals surface area contributed by atoms with E-state index in [9.17, 15) is 14.7 Å². The van der Waals surface area contributed by atoms with E-state index in [1.807, 2.05) is 42.5 Å². The number of carboxylic acid groups (broad SMARTS) is 1. The van der Waals surface area contributed by atoms with Gasteiger partial charge in [0, 0.05) is 11.8 Å². The van der Waals surface area contributed by atoms with E-state index in [4.69, 9.17) is 4.74 Å². The third kappa shape index (κ3) is 5.82. The molecule has 8 heteroatoms. The molecule has 4 rings (SSSR count). The van der Waals surface area contributed by atoms with Crippen molar-refractivity contribution in [1.82, 2.24) is 20.5 Å². The van der Waals surface area contributed by atoms with Crippen LogP contribution in [-0.2, 0) is 11.4 Å². The van der Waals surface area contributed by atoms with Gasteiger partial charge in [0.05, 0.1) is 30.0 Å². The van der Waals surface area contributed by atoms with Gasteiger partial charge in [-0.15, -0.1) is 0 Å². The quantitative estimate of drug-likeness (QED) is 0.361. The van der Waals surface area contributed by atoms with E-state index in [0.717, 1.165) is 22.5 Å². The first-order valence-corrected chi connectivity index (χ1v) is 10.3. The summed E-state index contributed by atoms with van der Waals surface area (Å²) in [5.74, 6) is -0.741. The number of nitrogens with one attached hydrogen (secondary N) is 2. The molecular formula is C25H22N4O4. The van der Waals surface area contributed by atoms with Crippen LogP contribution in [0.4, 0.5) is 0 Å². The number of hydrogen-bond donors (Lipinski definition) is 3. The molecule has 2 aromatic heterocycles. The van der Waals surface area contributed by atoms with Crippen molar-refractivity contribution < 1.29 is 19.4 Å². The Morgan fingerprint density at radius 3 is 2.58 bits per heavy atom. The van der Waals surface area contributed by atoms with Crippen molar-refractivity contribution in [2.45, 2.75) is 19.1 Å². The number of aromatic nitrogens is 3. The summed E-state index contributed by atoms with van der Waals surface area (Å²) < 4.78 is 5.80. The second-order valence-corrected chi connectivity index (χ2v) is 7.37. The molecule has 4 aromatic rings. The van der Waals surface area contributed by atoms with E-state index in [-0.39, 0.29) is 18.9 Å². The fourth-order valence-corrected chi connectivity index (χ4v) is 3.35. The highest BCUT2D eigenvalue weighted by molar-refractivity contribution is 5.94. The van der Waals surface area contributed by atoms with Crippen LogP contribution in [0.2, 0.25) is 0 Å². The Balaban J connectivity index is 1.40. The molecule has 0 radical (unpaired) electrons. The SMILES string of the molecule is O=C(O)C[C@H](NC(=O)c1cccc(COc2ccc(-c3ccn[nH]3)nc2)c1)c1ccccc1. The summed E-state index contributed by atoms with van der Waals surface area (Å²) in [5.41, 5.74) is 3.54. The molecule has 0 fully saturated rings. The number of carbonyl (C=O) groups excluding carboxylic acids is 1. The number of pyridine rings is 1. The Bertz CT molecular complexity index is 1210. The number of H-pyrrole nitrogens is 1. The van der Waals surface area contributed by atoms with E-state index in [0.29, 0.717) is 11.3 Å². The highest BCUT2D eigenvalue weighted by Crippen LogP contribution is 2.20. The predicted molar refractivity (Wildman–Crippen MR) is 121 cm³/mol. The van der Waals surface area contributed by atoms with Gasteiger partial charge in [-0.25, -0.2) is 0 Å². The van der Waals surface area contributed by atoms with E-state index < -0.39 is 12.0 Å².